The lowest BCUT2D eigenvalue weighted by Gasteiger charge is -2.16. The molecule has 0 aliphatic heterocycles. The zero-order chi connectivity index (χ0) is 17.8. The maximum atomic E-state index is 12.5. The number of halogens is 1. The molecule has 0 bridgehead atoms. The van der Waals surface area contributed by atoms with Crippen LogP contribution in [-0.4, -0.2) is 17.0 Å². The molecule has 0 saturated carbocycles. The number of carbonyl (C=O) groups is 2. The van der Waals surface area contributed by atoms with E-state index in [9.17, 15) is 9.59 Å². The van der Waals surface area contributed by atoms with E-state index >= 15 is 0 Å². The minimum atomic E-state index is -1.05. The van der Waals surface area contributed by atoms with Gasteiger partial charge in [-0.25, -0.2) is 4.79 Å². The van der Waals surface area contributed by atoms with Crippen LogP contribution in [0.2, 0.25) is 5.02 Å². The molecule has 0 fully saturated rings. The van der Waals surface area contributed by atoms with Crippen LogP contribution < -0.4 is 5.32 Å². The predicted octanol–water partition coefficient (Wildman–Crippen LogP) is 5.32. The number of carboxylic acid groups (broad SMARTS) is 1. The molecule has 0 aliphatic rings. The summed E-state index contributed by atoms with van der Waals surface area (Å²) in [6, 6.07) is 11.4. The van der Waals surface area contributed by atoms with E-state index in [1.807, 2.05) is 29.6 Å². The molecule has 2 heterocycles. The van der Waals surface area contributed by atoms with Crippen LogP contribution in [0.1, 0.15) is 33.1 Å². The summed E-state index contributed by atoms with van der Waals surface area (Å²) in [6.45, 7) is 0. The summed E-state index contributed by atoms with van der Waals surface area (Å²) >= 11 is 8.78. The number of aromatic carboxylic acids is 1. The normalized spacial score (nSPS) is 11.9. The number of hydrogen-bond acceptors (Lipinski definition) is 4. The lowest BCUT2D eigenvalue weighted by atomic mass is 9.93. The highest BCUT2D eigenvalue weighted by Crippen LogP contribution is 2.32. The van der Waals surface area contributed by atoms with E-state index in [1.54, 1.807) is 28.8 Å². The Balaban J connectivity index is 1.80. The summed E-state index contributed by atoms with van der Waals surface area (Å²) in [6.07, 6.45) is 0.219. The molecular formula is C18H14ClNO3S2. The monoisotopic (exact) mass is 391 g/mol. The number of benzene rings is 1. The van der Waals surface area contributed by atoms with Gasteiger partial charge in [0.15, 0.2) is 0 Å². The average molecular weight is 392 g/mol. The number of rotatable bonds is 6. The number of hydrogen-bond donors (Lipinski definition) is 2. The van der Waals surface area contributed by atoms with E-state index in [0.717, 1.165) is 10.4 Å². The summed E-state index contributed by atoms with van der Waals surface area (Å²) in [7, 11) is 0. The first kappa shape index (κ1) is 17.7. The van der Waals surface area contributed by atoms with E-state index in [0.29, 0.717) is 10.7 Å². The fourth-order valence-electron chi connectivity index (χ4n) is 2.51. The highest BCUT2D eigenvalue weighted by atomic mass is 35.5. The van der Waals surface area contributed by atoms with Gasteiger partial charge in [-0.2, -0.15) is 0 Å². The maximum absolute atomic E-state index is 12.5. The molecule has 0 aliphatic carbocycles. The Labute approximate surface area is 157 Å². The Hall–Kier alpha value is -2.15. The van der Waals surface area contributed by atoms with E-state index in [-0.39, 0.29) is 23.8 Å². The van der Waals surface area contributed by atoms with Crippen LogP contribution >= 0.6 is 34.3 Å². The van der Waals surface area contributed by atoms with Crippen molar-refractivity contribution in [3.05, 3.63) is 73.6 Å². The lowest BCUT2D eigenvalue weighted by molar-refractivity contribution is -0.116. The molecule has 0 radical (unpaired) electrons. The molecule has 1 atom stereocenters. The summed E-state index contributed by atoms with van der Waals surface area (Å²) < 4.78 is 0. The zero-order valence-corrected chi connectivity index (χ0v) is 15.3. The number of anilines is 1. The molecular weight excluding hydrogens is 378 g/mol. The third-order valence-corrected chi connectivity index (χ3v) is 5.70. The number of nitrogens with one attached hydrogen (secondary N) is 1. The number of carbonyl (C=O) groups excluding carboxylic acids is 1. The molecule has 0 saturated heterocycles. The van der Waals surface area contributed by atoms with Gasteiger partial charge in [0.25, 0.3) is 0 Å². The minimum absolute atomic E-state index is 0.107. The summed E-state index contributed by atoms with van der Waals surface area (Å²) in [4.78, 5) is 24.8. The van der Waals surface area contributed by atoms with Crippen molar-refractivity contribution in [3.8, 4) is 0 Å². The molecule has 1 aromatic carbocycles. The van der Waals surface area contributed by atoms with Crippen molar-refractivity contribution in [1.82, 2.24) is 0 Å². The van der Waals surface area contributed by atoms with Gasteiger partial charge in [-0.15, -0.1) is 22.7 Å². The minimum Gasteiger partial charge on any atom is -0.478 e. The second-order valence-electron chi connectivity index (χ2n) is 5.38. The van der Waals surface area contributed by atoms with E-state index < -0.39 is 5.97 Å². The van der Waals surface area contributed by atoms with Crippen molar-refractivity contribution < 1.29 is 14.7 Å². The van der Waals surface area contributed by atoms with Crippen LogP contribution in [0.15, 0.2) is 52.5 Å². The summed E-state index contributed by atoms with van der Waals surface area (Å²) in [5, 5.41) is 17.6. The van der Waals surface area contributed by atoms with Crippen LogP contribution in [0.25, 0.3) is 0 Å². The van der Waals surface area contributed by atoms with Gasteiger partial charge >= 0.3 is 5.97 Å². The van der Waals surface area contributed by atoms with Gasteiger partial charge in [0.2, 0.25) is 5.91 Å². The Morgan fingerprint density at radius 3 is 2.56 bits per heavy atom. The Bertz CT molecular complexity index is 872. The van der Waals surface area contributed by atoms with Crippen molar-refractivity contribution in [3.63, 3.8) is 0 Å². The molecule has 1 unspecified atom stereocenters. The third-order valence-electron chi connectivity index (χ3n) is 3.71. The van der Waals surface area contributed by atoms with Crippen molar-refractivity contribution in [2.75, 3.05) is 5.32 Å². The van der Waals surface area contributed by atoms with Gasteiger partial charge in [-0.3, -0.25) is 4.79 Å². The largest absolute Gasteiger partial charge is 0.478 e. The first-order valence-corrected chi connectivity index (χ1v) is 9.63. The molecule has 25 heavy (non-hydrogen) atoms. The molecule has 3 aromatic rings. The van der Waals surface area contributed by atoms with E-state index in [1.165, 1.54) is 16.7 Å². The van der Waals surface area contributed by atoms with Crippen LogP contribution in [0, 0.1) is 0 Å². The van der Waals surface area contributed by atoms with E-state index in [4.69, 9.17) is 16.7 Å². The number of amides is 1. The molecule has 0 spiro atoms. The smallest absolute Gasteiger partial charge is 0.338 e. The first-order valence-electron chi connectivity index (χ1n) is 7.43. The zero-order valence-electron chi connectivity index (χ0n) is 12.9. The highest BCUT2D eigenvalue weighted by molar-refractivity contribution is 7.10. The van der Waals surface area contributed by atoms with E-state index in [2.05, 4.69) is 5.32 Å². The second kappa shape index (κ2) is 7.82. The molecule has 7 heteroatoms. The van der Waals surface area contributed by atoms with Gasteiger partial charge in [-0.05, 0) is 29.1 Å². The second-order valence-corrected chi connectivity index (χ2v) is 7.54. The highest BCUT2D eigenvalue weighted by Gasteiger charge is 2.21. The number of carboxylic acids is 1. The molecule has 128 valence electrons. The van der Waals surface area contributed by atoms with Crippen molar-refractivity contribution in [2.45, 2.75) is 12.3 Å². The fraction of sp³-hybridized carbons (Fsp3) is 0.111. The van der Waals surface area contributed by atoms with Gasteiger partial charge in [0.05, 0.1) is 11.3 Å². The Morgan fingerprint density at radius 1 is 1.16 bits per heavy atom. The molecule has 4 nitrogen and oxygen atoms in total. The Morgan fingerprint density at radius 2 is 1.92 bits per heavy atom. The summed E-state index contributed by atoms with van der Waals surface area (Å²) in [5.41, 5.74) is 1.44. The van der Waals surface area contributed by atoms with Crippen LogP contribution in [0.4, 0.5) is 5.69 Å². The quantitative estimate of drug-likeness (QED) is 0.597. The topological polar surface area (TPSA) is 66.4 Å². The van der Waals surface area contributed by atoms with Crippen molar-refractivity contribution >= 4 is 51.8 Å². The standard InChI is InChI=1S/C18H14ClNO3S2/c19-12-5-3-11(4-6-12)13(16-2-1-7-25-16)8-17(21)20-15-10-24-9-14(15)18(22)23/h1-7,9-10,13H,8H2,(H,20,21)(H,22,23). The van der Waals surface area contributed by atoms with Crippen LogP contribution in [-0.2, 0) is 4.79 Å². The summed E-state index contributed by atoms with van der Waals surface area (Å²) in [5.74, 6) is -1.39. The van der Waals surface area contributed by atoms with Crippen LogP contribution in [0.3, 0.4) is 0 Å². The van der Waals surface area contributed by atoms with Crippen molar-refractivity contribution in [2.24, 2.45) is 0 Å². The maximum Gasteiger partial charge on any atom is 0.338 e. The lowest BCUT2D eigenvalue weighted by Crippen LogP contribution is -2.17. The van der Waals surface area contributed by atoms with Crippen molar-refractivity contribution in [1.29, 1.82) is 0 Å². The Kier molecular flexibility index (Phi) is 5.53. The third kappa shape index (κ3) is 4.28. The predicted molar refractivity (Wildman–Crippen MR) is 102 cm³/mol. The average Bonchev–Trinajstić information content (AvgIpc) is 3.25. The molecule has 3 rings (SSSR count). The van der Waals surface area contributed by atoms with Gasteiger partial charge in [0, 0.05) is 33.0 Å². The van der Waals surface area contributed by atoms with Crippen LogP contribution in [0.5, 0.6) is 0 Å². The fourth-order valence-corrected chi connectivity index (χ4v) is 4.25. The molecule has 1 amide bonds. The number of thiophene rings is 2. The SMILES string of the molecule is O=C(CC(c1ccc(Cl)cc1)c1cccs1)Nc1cscc1C(=O)O. The van der Waals surface area contributed by atoms with Gasteiger partial charge < -0.3 is 10.4 Å². The van der Waals surface area contributed by atoms with Gasteiger partial charge in [0.1, 0.15) is 0 Å². The van der Waals surface area contributed by atoms with Gasteiger partial charge in [-0.1, -0.05) is 29.8 Å². The first-order chi connectivity index (χ1) is 12.0. The molecule has 2 N–H and O–H groups in total. The molecule has 2 aromatic heterocycles.